The third kappa shape index (κ3) is 2.28. The second-order valence-electron chi connectivity index (χ2n) is 6.26. The number of amides is 1. The number of nitrogens with one attached hydrogen (secondary N) is 1. The van der Waals surface area contributed by atoms with Crippen LogP contribution in [0.4, 0.5) is 4.79 Å². The van der Waals surface area contributed by atoms with Gasteiger partial charge in [-0.25, -0.2) is 4.79 Å². The topological polar surface area (TPSA) is 41.6 Å². The van der Waals surface area contributed by atoms with Crippen LogP contribution in [-0.4, -0.2) is 42.8 Å². The van der Waals surface area contributed by atoms with Gasteiger partial charge in [0.05, 0.1) is 7.11 Å². The van der Waals surface area contributed by atoms with Crippen LogP contribution in [0.25, 0.3) is 0 Å². The average Bonchev–Trinajstić information content (AvgIpc) is 2.50. The van der Waals surface area contributed by atoms with E-state index < -0.39 is 0 Å². The Morgan fingerprint density at radius 3 is 2.18 bits per heavy atom. The van der Waals surface area contributed by atoms with Gasteiger partial charge in [-0.2, -0.15) is 0 Å². The highest BCUT2D eigenvalue weighted by Gasteiger charge is 2.47. The van der Waals surface area contributed by atoms with Gasteiger partial charge in [0.15, 0.2) is 0 Å². The highest BCUT2D eigenvalue weighted by atomic mass is 16.5. The standard InChI is InChI=1S/C13H24N2O2/c1-13(2,3)15(12(16)17-4)11-9-5-6-10(11)8-14-7-9/h9-11,14H,5-8H2,1-4H3. The van der Waals surface area contributed by atoms with Gasteiger partial charge in [0.25, 0.3) is 0 Å². The van der Waals surface area contributed by atoms with Crippen LogP contribution in [0.1, 0.15) is 33.6 Å². The maximum absolute atomic E-state index is 12.1. The first-order valence-electron chi connectivity index (χ1n) is 6.53. The quantitative estimate of drug-likeness (QED) is 0.760. The Labute approximate surface area is 104 Å². The summed E-state index contributed by atoms with van der Waals surface area (Å²) >= 11 is 0. The highest BCUT2D eigenvalue weighted by Crippen LogP contribution is 2.40. The van der Waals surface area contributed by atoms with Gasteiger partial charge in [0, 0.05) is 11.6 Å². The number of piperidine rings is 1. The summed E-state index contributed by atoms with van der Waals surface area (Å²) < 4.78 is 4.98. The Kier molecular flexibility index (Phi) is 3.34. The Bertz CT molecular complexity index is 282. The molecule has 4 nitrogen and oxygen atoms in total. The van der Waals surface area contributed by atoms with Crippen molar-refractivity contribution in [1.29, 1.82) is 0 Å². The van der Waals surface area contributed by atoms with Crippen LogP contribution in [-0.2, 0) is 4.74 Å². The van der Waals surface area contributed by atoms with Crippen LogP contribution in [0.2, 0.25) is 0 Å². The lowest BCUT2D eigenvalue weighted by Crippen LogP contribution is -2.59. The van der Waals surface area contributed by atoms with E-state index in [4.69, 9.17) is 4.74 Å². The van der Waals surface area contributed by atoms with E-state index in [1.807, 2.05) is 4.90 Å². The first kappa shape index (κ1) is 12.7. The monoisotopic (exact) mass is 240 g/mol. The molecular formula is C13H24N2O2. The Balaban J connectivity index is 2.24. The van der Waals surface area contributed by atoms with Crippen molar-refractivity contribution in [2.24, 2.45) is 11.8 Å². The smallest absolute Gasteiger partial charge is 0.410 e. The Morgan fingerprint density at radius 1 is 1.24 bits per heavy atom. The summed E-state index contributed by atoms with van der Waals surface area (Å²) in [6.45, 7) is 8.33. The molecule has 4 heteroatoms. The third-order valence-corrected chi connectivity index (χ3v) is 4.08. The van der Waals surface area contributed by atoms with E-state index in [1.165, 1.54) is 20.0 Å². The van der Waals surface area contributed by atoms with Gasteiger partial charge in [-0.3, -0.25) is 4.90 Å². The molecule has 2 fully saturated rings. The zero-order chi connectivity index (χ0) is 12.6. The molecule has 1 aliphatic heterocycles. The molecule has 1 heterocycles. The number of methoxy groups -OCH3 is 1. The molecule has 0 aromatic heterocycles. The average molecular weight is 240 g/mol. The maximum atomic E-state index is 12.1. The molecule has 0 aromatic carbocycles. The second kappa shape index (κ2) is 4.48. The molecule has 2 unspecified atom stereocenters. The van der Waals surface area contributed by atoms with Crippen LogP contribution < -0.4 is 5.32 Å². The number of hydrogen-bond donors (Lipinski definition) is 1. The molecule has 1 N–H and O–H groups in total. The van der Waals surface area contributed by atoms with Crippen molar-refractivity contribution in [3.05, 3.63) is 0 Å². The van der Waals surface area contributed by atoms with E-state index in [2.05, 4.69) is 26.1 Å². The minimum atomic E-state index is -0.179. The lowest BCUT2D eigenvalue weighted by molar-refractivity contribution is 0.0227. The lowest BCUT2D eigenvalue weighted by atomic mass is 9.89. The van der Waals surface area contributed by atoms with Gasteiger partial charge in [0.1, 0.15) is 0 Å². The van der Waals surface area contributed by atoms with Gasteiger partial charge in [-0.05, 0) is 58.5 Å². The molecule has 2 rings (SSSR count). The molecule has 2 aliphatic rings. The van der Waals surface area contributed by atoms with Crippen LogP contribution in [0.5, 0.6) is 0 Å². The van der Waals surface area contributed by atoms with E-state index in [-0.39, 0.29) is 11.6 Å². The van der Waals surface area contributed by atoms with Crippen molar-refractivity contribution in [1.82, 2.24) is 10.2 Å². The fourth-order valence-electron chi connectivity index (χ4n) is 3.42. The molecule has 17 heavy (non-hydrogen) atoms. The van der Waals surface area contributed by atoms with Crippen molar-refractivity contribution in [3.63, 3.8) is 0 Å². The first-order chi connectivity index (χ1) is 7.95. The summed E-state index contributed by atoms with van der Waals surface area (Å²) in [6.07, 6.45) is 2.28. The fraction of sp³-hybridized carbons (Fsp3) is 0.923. The normalized spacial score (nSPS) is 32.4. The van der Waals surface area contributed by atoms with Crippen molar-refractivity contribution in [2.45, 2.75) is 45.2 Å². The van der Waals surface area contributed by atoms with Crippen LogP contribution >= 0.6 is 0 Å². The molecular weight excluding hydrogens is 216 g/mol. The summed E-state index contributed by atoms with van der Waals surface area (Å²) in [5, 5.41) is 3.46. The number of carbonyl (C=O) groups excluding carboxylic acids is 1. The number of ether oxygens (including phenoxy) is 1. The molecule has 1 saturated heterocycles. The van der Waals surface area contributed by atoms with E-state index >= 15 is 0 Å². The van der Waals surface area contributed by atoms with E-state index in [0.29, 0.717) is 17.9 Å². The van der Waals surface area contributed by atoms with Gasteiger partial charge >= 0.3 is 6.09 Å². The minimum Gasteiger partial charge on any atom is -0.453 e. The molecule has 1 saturated carbocycles. The summed E-state index contributed by atoms with van der Waals surface area (Å²) in [5.74, 6) is 1.18. The van der Waals surface area contributed by atoms with Gasteiger partial charge in [-0.1, -0.05) is 0 Å². The summed E-state index contributed by atoms with van der Waals surface area (Å²) in [7, 11) is 1.48. The number of carbonyl (C=O) groups is 1. The molecule has 0 radical (unpaired) electrons. The predicted octanol–water partition coefficient (Wildman–Crippen LogP) is 1.85. The minimum absolute atomic E-state index is 0.171. The van der Waals surface area contributed by atoms with E-state index in [9.17, 15) is 4.79 Å². The molecule has 1 aliphatic carbocycles. The van der Waals surface area contributed by atoms with Crippen LogP contribution in [0.15, 0.2) is 0 Å². The van der Waals surface area contributed by atoms with Crippen molar-refractivity contribution >= 4 is 6.09 Å². The number of fused-ring (bicyclic) bond motifs is 2. The number of hydrogen-bond acceptors (Lipinski definition) is 3. The summed E-state index contributed by atoms with van der Waals surface area (Å²) in [4.78, 5) is 14.0. The molecule has 0 aromatic rings. The summed E-state index contributed by atoms with van der Waals surface area (Å²) in [5.41, 5.74) is -0.171. The van der Waals surface area contributed by atoms with E-state index in [1.54, 1.807) is 0 Å². The fourth-order valence-corrected chi connectivity index (χ4v) is 3.42. The number of nitrogens with zero attached hydrogens (tertiary/aromatic N) is 1. The first-order valence-corrected chi connectivity index (χ1v) is 6.53. The second-order valence-corrected chi connectivity index (χ2v) is 6.26. The molecule has 0 spiro atoms. The van der Waals surface area contributed by atoms with Crippen molar-refractivity contribution < 1.29 is 9.53 Å². The molecule has 2 bridgehead atoms. The van der Waals surface area contributed by atoms with Gasteiger partial charge < -0.3 is 10.1 Å². The summed E-state index contributed by atoms with van der Waals surface area (Å²) in [6, 6.07) is 0.351. The predicted molar refractivity (Wildman–Crippen MR) is 66.9 cm³/mol. The van der Waals surface area contributed by atoms with Crippen LogP contribution in [0.3, 0.4) is 0 Å². The zero-order valence-electron chi connectivity index (χ0n) is 11.3. The van der Waals surface area contributed by atoms with Crippen LogP contribution in [0, 0.1) is 11.8 Å². The number of rotatable bonds is 1. The van der Waals surface area contributed by atoms with Crippen molar-refractivity contribution in [3.8, 4) is 0 Å². The SMILES string of the molecule is COC(=O)N(C1C2CCC1CNC2)C(C)(C)C. The van der Waals surface area contributed by atoms with Gasteiger partial charge in [0.2, 0.25) is 0 Å². The van der Waals surface area contributed by atoms with E-state index in [0.717, 1.165) is 13.1 Å². The lowest BCUT2D eigenvalue weighted by Gasteiger charge is -2.45. The Morgan fingerprint density at radius 2 is 1.76 bits per heavy atom. The molecule has 1 amide bonds. The maximum Gasteiger partial charge on any atom is 0.410 e. The zero-order valence-corrected chi connectivity index (χ0v) is 11.3. The molecule has 98 valence electrons. The van der Waals surface area contributed by atoms with Gasteiger partial charge in [-0.15, -0.1) is 0 Å². The molecule has 2 atom stereocenters. The third-order valence-electron chi connectivity index (χ3n) is 4.08. The highest BCUT2D eigenvalue weighted by molar-refractivity contribution is 5.69. The van der Waals surface area contributed by atoms with Crippen molar-refractivity contribution in [2.75, 3.05) is 20.2 Å². The Hall–Kier alpha value is -0.770. The largest absolute Gasteiger partial charge is 0.453 e.